The molecule has 0 saturated carbocycles. The van der Waals surface area contributed by atoms with Crippen LogP contribution < -0.4 is 0 Å². The van der Waals surface area contributed by atoms with E-state index in [1.54, 1.807) is 17.0 Å². The average Bonchev–Trinajstić information content (AvgIpc) is 3.00. The van der Waals surface area contributed by atoms with Crippen molar-refractivity contribution < 1.29 is 19.1 Å². The number of carboxylic acid groups (broad SMARTS) is 1. The monoisotopic (exact) mass is 316 g/mol. The predicted octanol–water partition coefficient (Wildman–Crippen LogP) is 2.42. The number of amides is 1. The molecule has 0 radical (unpaired) electrons. The number of rotatable bonds is 4. The third-order valence-electron chi connectivity index (χ3n) is 4.08. The summed E-state index contributed by atoms with van der Waals surface area (Å²) >= 11 is 0. The summed E-state index contributed by atoms with van der Waals surface area (Å²) in [5, 5.41) is 8.78. The zero-order valence-corrected chi connectivity index (χ0v) is 12.5. The first kappa shape index (κ1) is 15.3. The minimum Gasteiger partial charge on any atom is -0.481 e. The quantitative estimate of drug-likeness (QED) is 0.942. The van der Waals surface area contributed by atoms with E-state index in [1.807, 2.05) is 22.9 Å². The number of aliphatic carboxylic acids is 1. The Bertz CT molecular complexity index is 741. The molecule has 1 aliphatic heterocycles. The summed E-state index contributed by atoms with van der Waals surface area (Å²) in [6.45, 7) is 1.12. The van der Waals surface area contributed by atoms with E-state index in [4.69, 9.17) is 5.11 Å². The number of carbonyl (C=O) groups is 2. The molecule has 1 atom stereocenters. The van der Waals surface area contributed by atoms with Gasteiger partial charge in [-0.1, -0.05) is 12.1 Å². The van der Waals surface area contributed by atoms with Crippen molar-refractivity contribution in [3.8, 4) is 0 Å². The summed E-state index contributed by atoms with van der Waals surface area (Å²) in [5.74, 6) is -1.58. The van der Waals surface area contributed by atoms with Crippen LogP contribution >= 0.6 is 0 Å². The van der Waals surface area contributed by atoms with Crippen LogP contribution in [-0.2, 0) is 16.1 Å². The van der Waals surface area contributed by atoms with Crippen molar-refractivity contribution in [2.24, 2.45) is 0 Å². The Kier molecular flexibility index (Phi) is 4.14. The second-order valence-electron chi connectivity index (χ2n) is 5.56. The Labute approximate surface area is 132 Å². The van der Waals surface area contributed by atoms with Gasteiger partial charge in [0.15, 0.2) is 0 Å². The van der Waals surface area contributed by atoms with Crippen molar-refractivity contribution in [3.05, 3.63) is 59.7 Å². The zero-order chi connectivity index (χ0) is 16.4. The molecule has 1 aromatic heterocycles. The first-order valence-corrected chi connectivity index (χ1v) is 7.48. The molecule has 1 N–H and O–H groups in total. The summed E-state index contributed by atoms with van der Waals surface area (Å²) in [6, 6.07) is 9.60. The number of carboxylic acids is 1. The maximum Gasteiger partial charge on any atom is 0.303 e. The molecule has 0 saturated heterocycles. The lowest BCUT2D eigenvalue weighted by molar-refractivity contribution is -0.141. The van der Waals surface area contributed by atoms with E-state index in [0.29, 0.717) is 18.7 Å². The van der Waals surface area contributed by atoms with E-state index in [0.717, 1.165) is 5.69 Å². The smallest absolute Gasteiger partial charge is 0.303 e. The summed E-state index contributed by atoms with van der Waals surface area (Å²) in [7, 11) is 0. The van der Waals surface area contributed by atoms with Crippen molar-refractivity contribution in [1.82, 2.24) is 9.47 Å². The highest BCUT2D eigenvalue weighted by atomic mass is 19.1. The van der Waals surface area contributed by atoms with Crippen LogP contribution in [0.25, 0.3) is 0 Å². The number of hydrogen-bond donors (Lipinski definition) is 1. The fourth-order valence-corrected chi connectivity index (χ4v) is 3.04. The highest BCUT2D eigenvalue weighted by molar-refractivity contribution is 5.81. The van der Waals surface area contributed by atoms with E-state index in [2.05, 4.69) is 0 Å². The van der Waals surface area contributed by atoms with Gasteiger partial charge in [0.25, 0.3) is 0 Å². The van der Waals surface area contributed by atoms with Crippen LogP contribution in [0.5, 0.6) is 0 Å². The highest BCUT2D eigenvalue weighted by Gasteiger charge is 2.32. The Morgan fingerprint density at radius 2 is 2.00 bits per heavy atom. The maximum absolute atomic E-state index is 13.6. The molecule has 1 unspecified atom stereocenters. The number of benzene rings is 1. The molecule has 23 heavy (non-hydrogen) atoms. The molecule has 2 aromatic rings. The molecule has 1 amide bonds. The van der Waals surface area contributed by atoms with E-state index in [9.17, 15) is 14.0 Å². The van der Waals surface area contributed by atoms with Crippen LogP contribution in [-0.4, -0.2) is 33.0 Å². The van der Waals surface area contributed by atoms with Crippen LogP contribution in [0.1, 0.15) is 30.1 Å². The van der Waals surface area contributed by atoms with Gasteiger partial charge in [-0.25, -0.2) is 4.39 Å². The lowest BCUT2D eigenvalue weighted by Crippen LogP contribution is -2.42. The van der Waals surface area contributed by atoms with Gasteiger partial charge in [-0.05, 0) is 29.8 Å². The van der Waals surface area contributed by atoms with Gasteiger partial charge in [0, 0.05) is 31.4 Å². The van der Waals surface area contributed by atoms with Crippen LogP contribution in [0.15, 0.2) is 42.6 Å². The molecule has 1 aliphatic rings. The lowest BCUT2D eigenvalue weighted by atomic mass is 9.99. The van der Waals surface area contributed by atoms with E-state index >= 15 is 0 Å². The van der Waals surface area contributed by atoms with Crippen molar-refractivity contribution in [2.75, 3.05) is 6.54 Å². The number of carbonyl (C=O) groups excluding carboxylic acids is 1. The number of aromatic nitrogens is 1. The minimum absolute atomic E-state index is 0.0537. The van der Waals surface area contributed by atoms with E-state index in [1.165, 1.54) is 12.1 Å². The minimum atomic E-state index is -0.999. The zero-order valence-electron chi connectivity index (χ0n) is 12.5. The molecular weight excluding hydrogens is 299 g/mol. The van der Waals surface area contributed by atoms with Gasteiger partial charge in [0.2, 0.25) is 5.91 Å². The van der Waals surface area contributed by atoms with Gasteiger partial charge in [-0.15, -0.1) is 0 Å². The number of halogens is 1. The largest absolute Gasteiger partial charge is 0.481 e. The van der Waals surface area contributed by atoms with Crippen LogP contribution in [0.3, 0.4) is 0 Å². The molecule has 1 aromatic carbocycles. The Morgan fingerprint density at radius 3 is 2.74 bits per heavy atom. The Hall–Kier alpha value is -2.63. The Balaban J connectivity index is 1.95. The molecule has 3 rings (SSSR count). The van der Waals surface area contributed by atoms with Crippen LogP contribution in [0.2, 0.25) is 0 Å². The van der Waals surface area contributed by atoms with Gasteiger partial charge in [0.1, 0.15) is 5.82 Å². The summed E-state index contributed by atoms with van der Waals surface area (Å²) in [6.07, 6.45) is 1.68. The van der Waals surface area contributed by atoms with Crippen molar-refractivity contribution in [2.45, 2.75) is 25.4 Å². The number of nitrogens with zero attached hydrogens (tertiary/aromatic N) is 2. The fraction of sp³-hybridized carbons (Fsp3) is 0.294. The normalized spacial score (nSPS) is 16.9. The van der Waals surface area contributed by atoms with Gasteiger partial charge < -0.3 is 14.6 Å². The molecule has 120 valence electrons. The van der Waals surface area contributed by atoms with Gasteiger partial charge in [-0.2, -0.15) is 0 Å². The highest BCUT2D eigenvalue weighted by Crippen LogP contribution is 2.33. The maximum atomic E-state index is 13.6. The third-order valence-corrected chi connectivity index (χ3v) is 4.08. The molecule has 2 heterocycles. The standard InChI is InChI=1S/C17H17FN2O3/c18-13-4-1-3-12(11-13)17-14-5-2-8-19(14)9-10-20(17)15(21)6-7-16(22)23/h1-5,8,11,17H,6-7,9-10H2,(H,22,23). The molecule has 0 aliphatic carbocycles. The second-order valence-corrected chi connectivity index (χ2v) is 5.56. The number of hydrogen-bond acceptors (Lipinski definition) is 2. The molecule has 0 spiro atoms. The third kappa shape index (κ3) is 3.11. The topological polar surface area (TPSA) is 62.5 Å². The fourth-order valence-electron chi connectivity index (χ4n) is 3.04. The number of fused-ring (bicyclic) bond motifs is 1. The molecule has 6 heteroatoms. The average molecular weight is 316 g/mol. The van der Waals surface area contributed by atoms with E-state index in [-0.39, 0.29) is 24.6 Å². The van der Waals surface area contributed by atoms with Crippen molar-refractivity contribution in [3.63, 3.8) is 0 Å². The second kappa shape index (κ2) is 6.24. The Morgan fingerprint density at radius 1 is 1.17 bits per heavy atom. The van der Waals surface area contributed by atoms with Gasteiger partial charge in [0.05, 0.1) is 12.5 Å². The van der Waals surface area contributed by atoms with Crippen LogP contribution in [0, 0.1) is 5.82 Å². The van der Waals surface area contributed by atoms with Crippen molar-refractivity contribution >= 4 is 11.9 Å². The predicted molar refractivity (Wildman–Crippen MR) is 81.3 cm³/mol. The molecule has 0 fully saturated rings. The first-order chi connectivity index (χ1) is 11.1. The van der Waals surface area contributed by atoms with Crippen LogP contribution in [0.4, 0.5) is 4.39 Å². The van der Waals surface area contributed by atoms with Crippen molar-refractivity contribution in [1.29, 1.82) is 0 Å². The molecule has 5 nitrogen and oxygen atoms in total. The van der Waals surface area contributed by atoms with E-state index < -0.39 is 12.0 Å². The van der Waals surface area contributed by atoms with Gasteiger partial charge >= 0.3 is 5.97 Å². The lowest BCUT2D eigenvalue weighted by Gasteiger charge is -2.37. The molecular formula is C17H17FN2O3. The summed E-state index contributed by atoms with van der Waals surface area (Å²) in [5.41, 5.74) is 1.60. The summed E-state index contributed by atoms with van der Waals surface area (Å²) < 4.78 is 15.7. The van der Waals surface area contributed by atoms with Gasteiger partial charge in [-0.3, -0.25) is 9.59 Å². The summed E-state index contributed by atoms with van der Waals surface area (Å²) in [4.78, 5) is 24.8. The SMILES string of the molecule is O=C(O)CCC(=O)N1CCn2cccc2C1c1cccc(F)c1. The first-order valence-electron chi connectivity index (χ1n) is 7.48. The molecule has 0 bridgehead atoms.